The van der Waals surface area contributed by atoms with E-state index in [9.17, 15) is 9.00 Å². The third kappa shape index (κ3) is 4.78. The highest BCUT2D eigenvalue weighted by Gasteiger charge is 2.24. The van der Waals surface area contributed by atoms with Crippen LogP contribution in [0.25, 0.3) is 0 Å². The molecule has 0 bridgehead atoms. The van der Waals surface area contributed by atoms with Crippen molar-refractivity contribution in [2.75, 3.05) is 0 Å². The van der Waals surface area contributed by atoms with E-state index in [4.69, 9.17) is 0 Å². The molecular weight excluding hydrogens is 318 g/mol. The first-order chi connectivity index (χ1) is 11.3. The fourth-order valence-corrected chi connectivity index (χ4v) is 3.73. The summed E-state index contributed by atoms with van der Waals surface area (Å²) in [6.45, 7) is 7.58. The van der Waals surface area contributed by atoms with Gasteiger partial charge in [0.25, 0.3) is 0 Å². The Morgan fingerprint density at radius 3 is 2.25 bits per heavy atom. The molecule has 0 aliphatic rings. The quantitative estimate of drug-likeness (QED) is 0.883. The molecule has 0 saturated carbocycles. The van der Waals surface area contributed by atoms with Gasteiger partial charge in [-0.2, -0.15) is 0 Å². The summed E-state index contributed by atoms with van der Waals surface area (Å²) in [5, 5.41) is 3.02. The molecule has 0 heterocycles. The Labute approximate surface area is 146 Å². The van der Waals surface area contributed by atoms with E-state index in [0.29, 0.717) is 5.75 Å². The molecule has 0 aliphatic heterocycles. The largest absolute Gasteiger partial charge is 0.349 e. The summed E-state index contributed by atoms with van der Waals surface area (Å²) in [4.78, 5) is 13.0. The summed E-state index contributed by atoms with van der Waals surface area (Å²) in [5.74, 6) is 0.455. The van der Waals surface area contributed by atoms with Crippen LogP contribution in [0.15, 0.2) is 59.5 Å². The Balaban J connectivity index is 2.20. The van der Waals surface area contributed by atoms with Crippen molar-refractivity contribution in [3.05, 3.63) is 65.7 Å². The van der Waals surface area contributed by atoms with Crippen molar-refractivity contribution in [2.45, 2.75) is 44.4 Å². The zero-order valence-corrected chi connectivity index (χ0v) is 15.5. The first kappa shape index (κ1) is 18.4. The van der Waals surface area contributed by atoms with Crippen LogP contribution in [0.4, 0.5) is 0 Å². The van der Waals surface area contributed by atoms with E-state index in [1.54, 1.807) is 0 Å². The molecule has 3 nitrogen and oxygen atoms in total. The molecule has 0 spiro atoms. The van der Waals surface area contributed by atoms with Crippen LogP contribution in [0.1, 0.15) is 44.9 Å². The number of carbonyl (C=O) groups is 1. The Morgan fingerprint density at radius 2 is 1.62 bits per heavy atom. The summed E-state index contributed by atoms with van der Waals surface area (Å²) in [6.07, 6.45) is 0. The van der Waals surface area contributed by atoms with Gasteiger partial charge in [-0.05, 0) is 24.1 Å². The molecule has 0 aliphatic carbocycles. The minimum Gasteiger partial charge on any atom is -0.349 e. The maximum absolute atomic E-state index is 12.8. The molecule has 128 valence electrons. The molecule has 2 atom stereocenters. The second-order valence-corrected chi connectivity index (χ2v) is 8.38. The summed E-state index contributed by atoms with van der Waals surface area (Å²) >= 11 is 0. The van der Waals surface area contributed by atoms with Crippen LogP contribution in [-0.4, -0.2) is 10.1 Å². The van der Waals surface area contributed by atoms with Crippen LogP contribution in [0, 0.1) is 5.41 Å². The molecule has 0 aromatic heterocycles. The summed E-state index contributed by atoms with van der Waals surface area (Å²) in [7, 11) is -1.15. The molecule has 0 saturated heterocycles. The highest BCUT2D eigenvalue weighted by Crippen LogP contribution is 2.24. The fourth-order valence-electron chi connectivity index (χ4n) is 2.34. The number of amides is 1. The Hall–Kier alpha value is -1.94. The van der Waals surface area contributed by atoms with Crippen molar-refractivity contribution in [1.82, 2.24) is 5.32 Å². The lowest BCUT2D eigenvalue weighted by atomic mass is 9.94. The first-order valence-electron chi connectivity index (χ1n) is 8.11. The SMILES string of the molecule is C[C@@H](NC(=O)C(C)(C)C)c1ccccc1S(=O)Cc1ccccc1. The minimum atomic E-state index is -1.15. The maximum atomic E-state index is 12.8. The van der Waals surface area contributed by atoms with E-state index < -0.39 is 16.2 Å². The molecule has 0 radical (unpaired) electrons. The molecule has 4 heteroatoms. The Bertz CT molecular complexity index is 720. The highest BCUT2D eigenvalue weighted by atomic mass is 32.2. The van der Waals surface area contributed by atoms with Crippen molar-refractivity contribution in [2.24, 2.45) is 5.41 Å². The van der Waals surface area contributed by atoms with E-state index in [-0.39, 0.29) is 11.9 Å². The third-order valence-corrected chi connectivity index (χ3v) is 5.26. The van der Waals surface area contributed by atoms with Gasteiger partial charge >= 0.3 is 0 Å². The van der Waals surface area contributed by atoms with E-state index in [2.05, 4.69) is 5.32 Å². The standard InChI is InChI=1S/C20H25NO2S/c1-15(21-19(22)20(2,3)4)17-12-8-9-13-18(17)24(23)14-16-10-6-5-7-11-16/h5-13,15H,14H2,1-4H3,(H,21,22)/t15-,24?/m1/s1. The molecule has 2 aromatic rings. The average Bonchev–Trinajstić information content (AvgIpc) is 2.54. The fraction of sp³-hybridized carbons (Fsp3) is 0.350. The van der Waals surface area contributed by atoms with Crippen LogP contribution in [0.3, 0.4) is 0 Å². The van der Waals surface area contributed by atoms with Crippen LogP contribution in [0.5, 0.6) is 0 Å². The third-order valence-electron chi connectivity index (χ3n) is 3.80. The monoisotopic (exact) mass is 343 g/mol. The van der Waals surface area contributed by atoms with E-state index >= 15 is 0 Å². The zero-order chi connectivity index (χ0) is 17.7. The second kappa shape index (κ2) is 7.75. The van der Waals surface area contributed by atoms with Gasteiger partial charge in [-0.15, -0.1) is 0 Å². The van der Waals surface area contributed by atoms with Gasteiger partial charge in [-0.25, -0.2) is 0 Å². The topological polar surface area (TPSA) is 46.2 Å². The zero-order valence-electron chi connectivity index (χ0n) is 14.7. The van der Waals surface area contributed by atoms with Crippen molar-refractivity contribution in [3.8, 4) is 0 Å². The molecule has 1 amide bonds. The number of hydrogen-bond donors (Lipinski definition) is 1. The minimum absolute atomic E-state index is 0.0151. The summed E-state index contributed by atoms with van der Waals surface area (Å²) < 4.78 is 12.8. The molecule has 2 aromatic carbocycles. The molecule has 2 rings (SSSR count). The molecular formula is C20H25NO2S. The van der Waals surface area contributed by atoms with Gasteiger partial charge in [0.2, 0.25) is 5.91 Å². The number of hydrogen-bond acceptors (Lipinski definition) is 2. The number of carbonyl (C=O) groups excluding carboxylic acids is 1. The summed E-state index contributed by atoms with van der Waals surface area (Å²) in [6, 6.07) is 17.2. The van der Waals surface area contributed by atoms with Crippen LogP contribution in [0.2, 0.25) is 0 Å². The van der Waals surface area contributed by atoms with Gasteiger partial charge in [0.05, 0.1) is 22.6 Å². The first-order valence-corrected chi connectivity index (χ1v) is 9.43. The number of rotatable bonds is 5. The van der Waals surface area contributed by atoms with Crippen molar-refractivity contribution < 1.29 is 9.00 Å². The van der Waals surface area contributed by atoms with Crippen LogP contribution in [-0.2, 0) is 21.3 Å². The van der Waals surface area contributed by atoms with Gasteiger partial charge in [0.1, 0.15) is 0 Å². The summed E-state index contributed by atoms with van der Waals surface area (Å²) in [5.41, 5.74) is 1.49. The lowest BCUT2D eigenvalue weighted by Crippen LogP contribution is -2.36. The van der Waals surface area contributed by atoms with E-state index in [0.717, 1.165) is 16.0 Å². The van der Waals surface area contributed by atoms with Gasteiger partial charge in [-0.3, -0.25) is 9.00 Å². The van der Waals surface area contributed by atoms with Gasteiger partial charge in [0.15, 0.2) is 0 Å². The second-order valence-electron chi connectivity index (χ2n) is 6.96. The lowest BCUT2D eigenvalue weighted by Gasteiger charge is -2.23. The normalized spacial score (nSPS) is 14.0. The van der Waals surface area contributed by atoms with Crippen molar-refractivity contribution in [3.63, 3.8) is 0 Å². The van der Waals surface area contributed by atoms with E-state index in [1.165, 1.54) is 0 Å². The average molecular weight is 343 g/mol. The van der Waals surface area contributed by atoms with Gasteiger partial charge < -0.3 is 5.32 Å². The molecule has 1 unspecified atom stereocenters. The van der Waals surface area contributed by atoms with Gasteiger partial charge in [-0.1, -0.05) is 69.3 Å². The van der Waals surface area contributed by atoms with Gasteiger partial charge in [0, 0.05) is 10.3 Å². The Kier molecular flexibility index (Phi) is 5.94. The van der Waals surface area contributed by atoms with Crippen LogP contribution >= 0.6 is 0 Å². The smallest absolute Gasteiger partial charge is 0.225 e. The van der Waals surface area contributed by atoms with E-state index in [1.807, 2.05) is 82.3 Å². The van der Waals surface area contributed by atoms with Crippen LogP contribution < -0.4 is 5.32 Å². The molecule has 0 fully saturated rings. The maximum Gasteiger partial charge on any atom is 0.225 e. The predicted octanol–water partition coefficient (Wildman–Crippen LogP) is 4.22. The molecule has 1 N–H and O–H groups in total. The van der Waals surface area contributed by atoms with Crippen molar-refractivity contribution >= 4 is 16.7 Å². The predicted molar refractivity (Wildman–Crippen MR) is 99.0 cm³/mol. The highest BCUT2D eigenvalue weighted by molar-refractivity contribution is 7.84. The molecule has 24 heavy (non-hydrogen) atoms. The Morgan fingerprint density at radius 1 is 1.04 bits per heavy atom. The van der Waals surface area contributed by atoms with Crippen molar-refractivity contribution in [1.29, 1.82) is 0 Å². The number of nitrogens with one attached hydrogen (secondary N) is 1. The number of benzene rings is 2. The lowest BCUT2D eigenvalue weighted by molar-refractivity contribution is -0.129.